The highest BCUT2D eigenvalue weighted by molar-refractivity contribution is 5.81. The van der Waals surface area contributed by atoms with Crippen LogP contribution < -0.4 is 0 Å². The molecule has 0 aliphatic carbocycles. The molecule has 0 spiro atoms. The van der Waals surface area contributed by atoms with Crippen molar-refractivity contribution >= 4 is 5.97 Å². The molecule has 0 saturated heterocycles. The van der Waals surface area contributed by atoms with Crippen LogP contribution in [0.2, 0.25) is 0 Å². The standard InChI is InChI=1S/C10H14N2O2/c1-3-14-10(13)5-4-7-12-8-6-9(2)11-12/h4-6,8H,3,7H2,1-2H3/b5-4+. The van der Waals surface area contributed by atoms with Crippen molar-refractivity contribution in [3.63, 3.8) is 0 Å². The first-order valence-electron chi connectivity index (χ1n) is 4.55. The Morgan fingerprint density at radius 1 is 1.71 bits per heavy atom. The molecule has 76 valence electrons. The Bertz CT molecular complexity index is 329. The minimum Gasteiger partial charge on any atom is -0.463 e. The molecule has 0 aliphatic rings. The van der Waals surface area contributed by atoms with Crippen molar-refractivity contribution in [2.45, 2.75) is 20.4 Å². The Kier molecular flexibility index (Phi) is 3.91. The molecule has 0 amide bonds. The van der Waals surface area contributed by atoms with E-state index in [0.717, 1.165) is 5.69 Å². The van der Waals surface area contributed by atoms with E-state index in [1.807, 2.05) is 19.2 Å². The van der Waals surface area contributed by atoms with Crippen molar-refractivity contribution in [1.82, 2.24) is 9.78 Å². The minimum absolute atomic E-state index is 0.309. The fourth-order valence-electron chi connectivity index (χ4n) is 1.01. The smallest absolute Gasteiger partial charge is 0.330 e. The number of allylic oxidation sites excluding steroid dienone is 1. The van der Waals surface area contributed by atoms with Crippen LogP contribution in [0.25, 0.3) is 0 Å². The molecule has 0 saturated carbocycles. The van der Waals surface area contributed by atoms with Crippen molar-refractivity contribution in [2.75, 3.05) is 6.61 Å². The van der Waals surface area contributed by atoms with E-state index in [9.17, 15) is 4.79 Å². The van der Waals surface area contributed by atoms with Crippen molar-refractivity contribution in [3.8, 4) is 0 Å². The van der Waals surface area contributed by atoms with Gasteiger partial charge in [-0.2, -0.15) is 5.10 Å². The van der Waals surface area contributed by atoms with Gasteiger partial charge in [-0.25, -0.2) is 4.79 Å². The van der Waals surface area contributed by atoms with Crippen LogP contribution in [0.3, 0.4) is 0 Å². The fourth-order valence-corrected chi connectivity index (χ4v) is 1.01. The van der Waals surface area contributed by atoms with Crippen LogP contribution in [-0.2, 0) is 16.1 Å². The molecule has 1 heterocycles. The highest BCUT2D eigenvalue weighted by Gasteiger charge is 1.93. The molecule has 0 radical (unpaired) electrons. The van der Waals surface area contributed by atoms with E-state index in [-0.39, 0.29) is 5.97 Å². The molecule has 0 aliphatic heterocycles. The van der Waals surface area contributed by atoms with E-state index < -0.39 is 0 Å². The molecule has 0 aromatic carbocycles. The Morgan fingerprint density at radius 2 is 2.50 bits per heavy atom. The van der Waals surface area contributed by atoms with Crippen LogP contribution in [0.1, 0.15) is 12.6 Å². The highest BCUT2D eigenvalue weighted by atomic mass is 16.5. The first-order valence-corrected chi connectivity index (χ1v) is 4.55. The third kappa shape index (κ3) is 3.43. The number of nitrogens with zero attached hydrogens (tertiary/aromatic N) is 2. The zero-order valence-electron chi connectivity index (χ0n) is 8.43. The first kappa shape index (κ1) is 10.5. The molecule has 4 heteroatoms. The van der Waals surface area contributed by atoms with Crippen LogP contribution in [-0.4, -0.2) is 22.4 Å². The van der Waals surface area contributed by atoms with E-state index in [1.54, 1.807) is 17.7 Å². The van der Waals surface area contributed by atoms with Gasteiger partial charge in [0.05, 0.1) is 18.8 Å². The van der Waals surface area contributed by atoms with Gasteiger partial charge in [-0.3, -0.25) is 4.68 Å². The SMILES string of the molecule is CCOC(=O)/C=C/Cn1ccc(C)n1. The van der Waals surface area contributed by atoms with E-state index in [4.69, 9.17) is 4.74 Å². The van der Waals surface area contributed by atoms with Gasteiger partial charge in [0.15, 0.2) is 0 Å². The maximum absolute atomic E-state index is 10.9. The number of carbonyl (C=O) groups excluding carboxylic acids is 1. The minimum atomic E-state index is -0.309. The van der Waals surface area contributed by atoms with Crippen molar-refractivity contribution < 1.29 is 9.53 Å². The molecule has 0 unspecified atom stereocenters. The van der Waals surface area contributed by atoms with Crippen LogP contribution >= 0.6 is 0 Å². The normalized spacial score (nSPS) is 10.7. The van der Waals surface area contributed by atoms with Gasteiger partial charge in [0, 0.05) is 12.3 Å². The van der Waals surface area contributed by atoms with E-state index in [1.165, 1.54) is 6.08 Å². The summed E-state index contributed by atoms with van der Waals surface area (Å²) in [6.45, 7) is 4.70. The Labute approximate surface area is 83.2 Å². The van der Waals surface area contributed by atoms with Gasteiger partial charge >= 0.3 is 5.97 Å². The number of rotatable bonds is 4. The summed E-state index contributed by atoms with van der Waals surface area (Å²) in [5.74, 6) is -0.309. The number of carbonyl (C=O) groups is 1. The summed E-state index contributed by atoms with van der Waals surface area (Å²) >= 11 is 0. The number of esters is 1. The Hall–Kier alpha value is -1.58. The molecule has 4 nitrogen and oxygen atoms in total. The van der Waals surface area contributed by atoms with Gasteiger partial charge in [0.2, 0.25) is 0 Å². The molecule has 0 N–H and O–H groups in total. The molecular weight excluding hydrogens is 180 g/mol. The summed E-state index contributed by atoms with van der Waals surface area (Å²) in [4.78, 5) is 10.9. The number of aryl methyl sites for hydroxylation is 1. The third-order valence-electron chi connectivity index (χ3n) is 1.61. The number of hydrogen-bond donors (Lipinski definition) is 0. The first-order chi connectivity index (χ1) is 6.72. The van der Waals surface area contributed by atoms with Crippen LogP contribution in [0.15, 0.2) is 24.4 Å². The zero-order valence-corrected chi connectivity index (χ0v) is 8.43. The highest BCUT2D eigenvalue weighted by Crippen LogP contribution is 1.93. The van der Waals surface area contributed by atoms with Gasteiger partial charge in [0.1, 0.15) is 0 Å². The summed E-state index contributed by atoms with van der Waals surface area (Å²) in [5, 5.41) is 4.17. The van der Waals surface area contributed by atoms with E-state index in [2.05, 4.69) is 5.10 Å². The zero-order chi connectivity index (χ0) is 10.4. The van der Waals surface area contributed by atoms with Crippen molar-refractivity contribution in [3.05, 3.63) is 30.1 Å². The number of aromatic nitrogens is 2. The lowest BCUT2D eigenvalue weighted by Gasteiger charge is -1.95. The lowest BCUT2D eigenvalue weighted by atomic mass is 10.5. The van der Waals surface area contributed by atoms with Crippen LogP contribution in [0, 0.1) is 6.92 Å². The average molecular weight is 194 g/mol. The quantitative estimate of drug-likeness (QED) is 0.536. The molecule has 1 aromatic rings. The molecule has 14 heavy (non-hydrogen) atoms. The Morgan fingerprint density at radius 3 is 3.07 bits per heavy atom. The largest absolute Gasteiger partial charge is 0.463 e. The lowest BCUT2D eigenvalue weighted by molar-refractivity contribution is -0.137. The molecule has 0 fully saturated rings. The van der Waals surface area contributed by atoms with E-state index >= 15 is 0 Å². The molecule has 1 rings (SSSR count). The average Bonchev–Trinajstić information content (AvgIpc) is 2.52. The van der Waals surface area contributed by atoms with Gasteiger partial charge < -0.3 is 4.74 Å². The Balaban J connectivity index is 2.36. The van der Waals surface area contributed by atoms with Gasteiger partial charge in [-0.1, -0.05) is 6.08 Å². The summed E-state index contributed by atoms with van der Waals surface area (Å²) in [6, 6.07) is 1.91. The topological polar surface area (TPSA) is 44.1 Å². The van der Waals surface area contributed by atoms with Crippen LogP contribution in [0.5, 0.6) is 0 Å². The third-order valence-corrected chi connectivity index (χ3v) is 1.61. The van der Waals surface area contributed by atoms with Crippen molar-refractivity contribution in [2.24, 2.45) is 0 Å². The van der Waals surface area contributed by atoms with Crippen molar-refractivity contribution in [1.29, 1.82) is 0 Å². The predicted octanol–water partition coefficient (Wildman–Crippen LogP) is 1.31. The van der Waals surface area contributed by atoms with Gasteiger partial charge in [-0.15, -0.1) is 0 Å². The fraction of sp³-hybridized carbons (Fsp3) is 0.400. The second-order valence-corrected chi connectivity index (χ2v) is 2.83. The summed E-state index contributed by atoms with van der Waals surface area (Å²) in [5.41, 5.74) is 0.967. The van der Waals surface area contributed by atoms with Gasteiger partial charge in [0.25, 0.3) is 0 Å². The number of hydrogen-bond acceptors (Lipinski definition) is 3. The molecule has 0 bridgehead atoms. The lowest BCUT2D eigenvalue weighted by Crippen LogP contribution is -2.01. The predicted molar refractivity (Wildman–Crippen MR) is 52.7 cm³/mol. The van der Waals surface area contributed by atoms with Crippen LogP contribution in [0.4, 0.5) is 0 Å². The second kappa shape index (κ2) is 5.21. The monoisotopic (exact) mass is 194 g/mol. The van der Waals surface area contributed by atoms with E-state index in [0.29, 0.717) is 13.2 Å². The maximum atomic E-state index is 10.9. The maximum Gasteiger partial charge on any atom is 0.330 e. The molecule has 1 aromatic heterocycles. The number of ether oxygens (including phenoxy) is 1. The molecule has 0 atom stereocenters. The summed E-state index contributed by atoms with van der Waals surface area (Å²) in [7, 11) is 0. The molecular formula is C10H14N2O2. The summed E-state index contributed by atoms with van der Waals surface area (Å²) < 4.78 is 6.48. The van der Waals surface area contributed by atoms with Gasteiger partial charge in [-0.05, 0) is 19.9 Å². The second-order valence-electron chi connectivity index (χ2n) is 2.83. The summed E-state index contributed by atoms with van der Waals surface area (Å²) in [6.07, 6.45) is 5.01.